The Morgan fingerprint density at radius 3 is 2.32 bits per heavy atom. The molecule has 2 heterocycles. The lowest BCUT2D eigenvalue weighted by Gasteiger charge is -2.35. The molecule has 25 heavy (non-hydrogen) atoms. The Hall–Kier alpha value is -2.76. The molecule has 0 spiro atoms. The van der Waals surface area contributed by atoms with E-state index in [0.717, 1.165) is 11.5 Å². The molecule has 2 amide bonds. The summed E-state index contributed by atoms with van der Waals surface area (Å²) in [6, 6.07) is 10.8. The lowest BCUT2D eigenvalue weighted by molar-refractivity contribution is -0.132. The van der Waals surface area contributed by atoms with Crippen LogP contribution in [0, 0.1) is 0 Å². The van der Waals surface area contributed by atoms with Crippen LogP contribution < -0.4 is 4.74 Å². The summed E-state index contributed by atoms with van der Waals surface area (Å²) >= 11 is 0. The van der Waals surface area contributed by atoms with E-state index in [0.29, 0.717) is 44.6 Å². The van der Waals surface area contributed by atoms with Gasteiger partial charge in [0.25, 0.3) is 5.91 Å². The highest BCUT2D eigenvalue weighted by molar-refractivity contribution is 5.94. The number of rotatable bonds is 5. The van der Waals surface area contributed by atoms with Gasteiger partial charge in [0, 0.05) is 44.6 Å². The smallest absolute Gasteiger partial charge is 0.253 e. The zero-order valence-corrected chi connectivity index (χ0v) is 14.3. The minimum absolute atomic E-state index is 0.00895. The average Bonchev–Trinajstić information content (AvgIpc) is 3.19. The van der Waals surface area contributed by atoms with Crippen molar-refractivity contribution in [1.29, 1.82) is 0 Å². The molecule has 1 saturated heterocycles. The highest BCUT2D eigenvalue weighted by Crippen LogP contribution is 2.15. The van der Waals surface area contributed by atoms with Crippen LogP contribution in [0.4, 0.5) is 0 Å². The van der Waals surface area contributed by atoms with Gasteiger partial charge in [0.05, 0.1) is 13.4 Å². The van der Waals surface area contributed by atoms with Crippen molar-refractivity contribution in [2.45, 2.75) is 12.8 Å². The third kappa shape index (κ3) is 4.21. The van der Waals surface area contributed by atoms with E-state index in [-0.39, 0.29) is 11.8 Å². The van der Waals surface area contributed by atoms with Crippen molar-refractivity contribution in [2.24, 2.45) is 0 Å². The number of piperazine rings is 1. The molecular weight excluding hydrogens is 320 g/mol. The second kappa shape index (κ2) is 7.88. The summed E-state index contributed by atoms with van der Waals surface area (Å²) < 4.78 is 10.4. The van der Waals surface area contributed by atoms with E-state index >= 15 is 0 Å². The molecule has 0 unspecified atom stereocenters. The van der Waals surface area contributed by atoms with Crippen LogP contribution in [-0.4, -0.2) is 54.9 Å². The molecule has 0 radical (unpaired) electrons. The molecule has 6 nitrogen and oxygen atoms in total. The number of benzene rings is 1. The number of carbonyl (C=O) groups excluding carboxylic acids is 2. The Balaban J connectivity index is 1.48. The number of hydrogen-bond donors (Lipinski definition) is 0. The first-order valence-electron chi connectivity index (χ1n) is 8.41. The number of carbonyl (C=O) groups is 2. The topological polar surface area (TPSA) is 63.0 Å². The number of methoxy groups -OCH3 is 1. The molecule has 0 atom stereocenters. The average molecular weight is 342 g/mol. The number of furan rings is 1. The summed E-state index contributed by atoms with van der Waals surface area (Å²) in [5, 5.41) is 0. The molecule has 0 bridgehead atoms. The van der Waals surface area contributed by atoms with E-state index in [1.54, 1.807) is 42.5 Å². The second-order valence-corrected chi connectivity index (χ2v) is 5.98. The van der Waals surface area contributed by atoms with Gasteiger partial charge in [-0.25, -0.2) is 0 Å². The molecule has 3 rings (SSSR count). The van der Waals surface area contributed by atoms with Gasteiger partial charge in [-0.15, -0.1) is 0 Å². The van der Waals surface area contributed by atoms with Crippen molar-refractivity contribution in [3.8, 4) is 5.75 Å². The monoisotopic (exact) mass is 342 g/mol. The van der Waals surface area contributed by atoms with Crippen LogP contribution in [0.3, 0.4) is 0 Å². The highest BCUT2D eigenvalue weighted by atomic mass is 16.5. The SMILES string of the molecule is COc1ccc(C(=O)N2CCN(C(=O)CCc3ccco3)CC2)cc1. The van der Waals surface area contributed by atoms with Crippen molar-refractivity contribution in [1.82, 2.24) is 9.80 Å². The van der Waals surface area contributed by atoms with Crippen molar-refractivity contribution in [3.63, 3.8) is 0 Å². The van der Waals surface area contributed by atoms with Gasteiger partial charge in [0.1, 0.15) is 11.5 Å². The van der Waals surface area contributed by atoms with Gasteiger partial charge in [0.2, 0.25) is 5.91 Å². The largest absolute Gasteiger partial charge is 0.497 e. The van der Waals surface area contributed by atoms with Crippen LogP contribution in [0.2, 0.25) is 0 Å². The molecule has 0 saturated carbocycles. The molecule has 132 valence electrons. The van der Waals surface area contributed by atoms with E-state index in [2.05, 4.69) is 0 Å². The minimum Gasteiger partial charge on any atom is -0.497 e. The number of amides is 2. The van der Waals surface area contributed by atoms with Gasteiger partial charge in [-0.05, 0) is 36.4 Å². The summed E-state index contributed by atoms with van der Waals surface area (Å²) in [6.07, 6.45) is 2.65. The molecule has 1 aliphatic rings. The molecular formula is C19H22N2O4. The third-order valence-electron chi connectivity index (χ3n) is 4.42. The zero-order valence-electron chi connectivity index (χ0n) is 14.3. The van der Waals surface area contributed by atoms with Crippen molar-refractivity contribution in [3.05, 3.63) is 54.0 Å². The maximum absolute atomic E-state index is 12.5. The van der Waals surface area contributed by atoms with Crippen molar-refractivity contribution < 1.29 is 18.7 Å². The summed E-state index contributed by atoms with van der Waals surface area (Å²) in [6.45, 7) is 2.24. The van der Waals surface area contributed by atoms with Gasteiger partial charge in [0.15, 0.2) is 0 Å². The van der Waals surface area contributed by atoms with E-state index in [1.165, 1.54) is 0 Å². The Morgan fingerprint density at radius 1 is 1.04 bits per heavy atom. The van der Waals surface area contributed by atoms with Crippen molar-refractivity contribution >= 4 is 11.8 Å². The maximum atomic E-state index is 12.5. The Morgan fingerprint density at radius 2 is 1.72 bits per heavy atom. The molecule has 6 heteroatoms. The van der Waals surface area contributed by atoms with Crippen molar-refractivity contribution in [2.75, 3.05) is 33.3 Å². The van der Waals surface area contributed by atoms with Gasteiger partial charge >= 0.3 is 0 Å². The summed E-state index contributed by atoms with van der Waals surface area (Å²) in [4.78, 5) is 28.4. The fourth-order valence-electron chi connectivity index (χ4n) is 2.92. The Labute approximate surface area is 147 Å². The fraction of sp³-hybridized carbons (Fsp3) is 0.368. The first-order valence-corrected chi connectivity index (χ1v) is 8.41. The van der Waals surface area contributed by atoms with Crippen LogP contribution in [-0.2, 0) is 11.2 Å². The molecule has 1 aromatic carbocycles. The minimum atomic E-state index is -0.00895. The highest BCUT2D eigenvalue weighted by Gasteiger charge is 2.24. The van der Waals surface area contributed by atoms with Gasteiger partial charge in [-0.1, -0.05) is 0 Å². The number of ether oxygens (including phenoxy) is 1. The van der Waals surface area contributed by atoms with E-state index in [1.807, 2.05) is 17.0 Å². The fourth-order valence-corrected chi connectivity index (χ4v) is 2.92. The molecule has 1 aliphatic heterocycles. The lowest BCUT2D eigenvalue weighted by atomic mass is 10.1. The van der Waals surface area contributed by atoms with E-state index < -0.39 is 0 Å². The predicted octanol–water partition coefficient (Wildman–Crippen LogP) is 2.21. The predicted molar refractivity (Wildman–Crippen MR) is 92.5 cm³/mol. The van der Waals surface area contributed by atoms with E-state index in [4.69, 9.17) is 9.15 Å². The van der Waals surface area contributed by atoms with Gasteiger partial charge in [-0.3, -0.25) is 9.59 Å². The molecule has 0 N–H and O–H groups in total. The Bertz CT molecular complexity index is 702. The van der Waals surface area contributed by atoms with Crippen LogP contribution in [0.25, 0.3) is 0 Å². The molecule has 1 aromatic heterocycles. The standard InChI is InChI=1S/C19H22N2O4/c1-24-16-6-4-15(5-7-16)19(23)21-12-10-20(11-13-21)18(22)9-8-17-3-2-14-25-17/h2-7,14H,8-13H2,1H3. The maximum Gasteiger partial charge on any atom is 0.253 e. The summed E-state index contributed by atoms with van der Waals surface area (Å²) in [5.41, 5.74) is 0.637. The Kier molecular flexibility index (Phi) is 5.38. The summed E-state index contributed by atoms with van der Waals surface area (Å²) in [7, 11) is 1.60. The molecule has 0 aliphatic carbocycles. The van der Waals surface area contributed by atoms with Gasteiger partial charge in [-0.2, -0.15) is 0 Å². The first-order chi connectivity index (χ1) is 12.2. The quantitative estimate of drug-likeness (QED) is 0.836. The van der Waals surface area contributed by atoms with Crippen LogP contribution in [0.15, 0.2) is 47.1 Å². The van der Waals surface area contributed by atoms with Crippen LogP contribution in [0.1, 0.15) is 22.5 Å². The zero-order chi connectivity index (χ0) is 17.6. The molecule has 1 fully saturated rings. The number of aryl methyl sites for hydroxylation is 1. The normalized spacial score (nSPS) is 14.4. The van der Waals surface area contributed by atoms with E-state index in [9.17, 15) is 9.59 Å². The van der Waals surface area contributed by atoms with Gasteiger partial charge < -0.3 is 19.0 Å². The van der Waals surface area contributed by atoms with Crippen LogP contribution in [0.5, 0.6) is 5.75 Å². The third-order valence-corrected chi connectivity index (χ3v) is 4.42. The summed E-state index contributed by atoms with van der Waals surface area (Å²) in [5.74, 6) is 1.64. The first kappa shape index (κ1) is 17.1. The number of hydrogen-bond acceptors (Lipinski definition) is 4. The number of nitrogens with zero attached hydrogens (tertiary/aromatic N) is 2. The lowest BCUT2D eigenvalue weighted by Crippen LogP contribution is -2.50. The molecule has 2 aromatic rings. The second-order valence-electron chi connectivity index (χ2n) is 5.98. The van der Waals surface area contributed by atoms with Crippen LogP contribution >= 0.6 is 0 Å².